The quantitative estimate of drug-likeness (QED) is 0.368. The van der Waals surface area contributed by atoms with Crippen LogP contribution < -0.4 is 10.9 Å². The molecule has 0 saturated heterocycles. The molecule has 2 aromatic rings. The first kappa shape index (κ1) is 14.5. The van der Waals surface area contributed by atoms with Gasteiger partial charge in [0.15, 0.2) is 11.5 Å². The molecule has 2 rings (SSSR count). The Morgan fingerprint density at radius 3 is 2.24 bits per heavy atom. The summed E-state index contributed by atoms with van der Waals surface area (Å²) in [6, 6.07) is 8.32. The van der Waals surface area contributed by atoms with Gasteiger partial charge in [0.05, 0.1) is 0 Å². The first-order valence-electron chi connectivity index (χ1n) is 6.04. The van der Waals surface area contributed by atoms with Crippen LogP contribution in [0.2, 0.25) is 0 Å². The molecular weight excluding hydrogens is 276 g/mol. The van der Waals surface area contributed by atoms with Crippen LogP contribution in [-0.2, 0) is 6.54 Å². The van der Waals surface area contributed by atoms with Gasteiger partial charge in [-0.2, -0.15) is 0 Å². The Hall–Kier alpha value is -2.93. The van der Waals surface area contributed by atoms with E-state index in [0.717, 1.165) is 0 Å². The van der Waals surface area contributed by atoms with Gasteiger partial charge in [0.2, 0.25) is 5.75 Å². The van der Waals surface area contributed by atoms with Gasteiger partial charge in [0.25, 0.3) is 5.91 Å². The van der Waals surface area contributed by atoms with Crippen molar-refractivity contribution in [1.82, 2.24) is 10.9 Å². The molecule has 7 heteroatoms. The lowest BCUT2D eigenvalue weighted by Gasteiger charge is -2.10. The Kier molecular flexibility index (Phi) is 4.15. The molecule has 6 N–H and O–H groups in total. The monoisotopic (exact) mass is 290 g/mol. The van der Waals surface area contributed by atoms with Crippen LogP contribution in [0.15, 0.2) is 36.4 Å². The van der Waals surface area contributed by atoms with Crippen LogP contribution >= 0.6 is 0 Å². The maximum Gasteiger partial charge on any atom is 0.265 e. The number of benzene rings is 2. The number of hydrazine groups is 1. The van der Waals surface area contributed by atoms with Crippen molar-refractivity contribution in [2.45, 2.75) is 6.54 Å². The minimum atomic E-state index is -0.612. The van der Waals surface area contributed by atoms with Gasteiger partial charge in [-0.25, -0.2) is 5.43 Å². The Balaban J connectivity index is 1.94. The van der Waals surface area contributed by atoms with E-state index in [-0.39, 0.29) is 12.3 Å². The topological polar surface area (TPSA) is 122 Å². The molecular formula is C14H14N2O5. The summed E-state index contributed by atoms with van der Waals surface area (Å²) in [5.74, 6) is -1.86. The number of nitrogens with one attached hydrogen (secondary N) is 2. The number of aromatic hydroxyl groups is 4. The summed E-state index contributed by atoms with van der Waals surface area (Å²) < 4.78 is 0. The number of hydrogen-bond donors (Lipinski definition) is 6. The van der Waals surface area contributed by atoms with Crippen molar-refractivity contribution in [1.29, 1.82) is 0 Å². The lowest BCUT2D eigenvalue weighted by atomic mass is 10.1. The number of carbonyl (C=O) groups excluding carboxylic acids is 1. The second-order valence-corrected chi connectivity index (χ2v) is 4.30. The molecule has 110 valence electrons. The van der Waals surface area contributed by atoms with Gasteiger partial charge in [-0.05, 0) is 30.3 Å². The fraction of sp³-hybridized carbons (Fsp3) is 0.0714. The van der Waals surface area contributed by atoms with Crippen LogP contribution in [0.5, 0.6) is 23.0 Å². The zero-order valence-electron chi connectivity index (χ0n) is 10.9. The van der Waals surface area contributed by atoms with Crippen molar-refractivity contribution in [3.05, 3.63) is 47.5 Å². The summed E-state index contributed by atoms with van der Waals surface area (Å²) >= 11 is 0. The molecule has 1 amide bonds. The second-order valence-electron chi connectivity index (χ2n) is 4.30. The maximum atomic E-state index is 11.7. The van der Waals surface area contributed by atoms with Crippen LogP contribution in [0, 0.1) is 0 Å². The predicted octanol–water partition coefficient (Wildman–Crippen LogP) is 0.944. The number of rotatable bonds is 4. The van der Waals surface area contributed by atoms with E-state index in [9.17, 15) is 20.1 Å². The molecule has 0 saturated carbocycles. The molecule has 0 radical (unpaired) electrons. The molecule has 0 aliphatic rings. The number of hydrogen-bond acceptors (Lipinski definition) is 6. The minimum absolute atomic E-state index is 0.0451. The summed E-state index contributed by atoms with van der Waals surface area (Å²) in [7, 11) is 0. The minimum Gasteiger partial charge on any atom is -0.508 e. The van der Waals surface area contributed by atoms with Gasteiger partial charge in [0.1, 0.15) is 5.75 Å². The number of carbonyl (C=O) groups is 1. The third-order valence-corrected chi connectivity index (χ3v) is 2.82. The zero-order valence-corrected chi connectivity index (χ0v) is 10.9. The van der Waals surface area contributed by atoms with Gasteiger partial charge in [-0.15, -0.1) is 0 Å². The van der Waals surface area contributed by atoms with Crippen LogP contribution in [0.3, 0.4) is 0 Å². The molecule has 0 atom stereocenters. The van der Waals surface area contributed by atoms with Crippen LogP contribution in [0.1, 0.15) is 15.9 Å². The lowest BCUT2D eigenvalue weighted by molar-refractivity contribution is 0.0932. The zero-order chi connectivity index (χ0) is 15.4. The van der Waals surface area contributed by atoms with E-state index in [1.54, 1.807) is 0 Å². The molecule has 0 aromatic heterocycles. The summed E-state index contributed by atoms with van der Waals surface area (Å²) in [4.78, 5) is 11.7. The van der Waals surface area contributed by atoms with Crippen molar-refractivity contribution in [3.8, 4) is 23.0 Å². The third kappa shape index (κ3) is 3.34. The molecule has 0 aliphatic carbocycles. The van der Waals surface area contributed by atoms with E-state index in [1.807, 2.05) is 0 Å². The summed E-state index contributed by atoms with van der Waals surface area (Å²) in [6.07, 6.45) is 0. The van der Waals surface area contributed by atoms with Crippen molar-refractivity contribution in [2.24, 2.45) is 0 Å². The standard InChI is InChI=1S/C14H14N2O5/c17-10-4-1-8(2-5-10)14(21)16-15-7-9-3-6-11(18)13(20)12(9)19/h1-6,15,17-20H,7H2,(H,16,21). The van der Waals surface area contributed by atoms with E-state index in [1.165, 1.54) is 36.4 Å². The van der Waals surface area contributed by atoms with Gasteiger partial charge in [0, 0.05) is 17.7 Å². The Bertz CT molecular complexity index is 655. The van der Waals surface area contributed by atoms with E-state index >= 15 is 0 Å². The SMILES string of the molecule is O=C(NNCc1ccc(O)c(O)c1O)c1ccc(O)cc1. The smallest absolute Gasteiger partial charge is 0.265 e. The van der Waals surface area contributed by atoms with E-state index < -0.39 is 23.2 Å². The average Bonchev–Trinajstić information content (AvgIpc) is 2.48. The van der Waals surface area contributed by atoms with Crippen molar-refractivity contribution in [3.63, 3.8) is 0 Å². The number of amides is 1. The van der Waals surface area contributed by atoms with Crippen molar-refractivity contribution < 1.29 is 25.2 Å². The fourth-order valence-electron chi connectivity index (χ4n) is 1.66. The lowest BCUT2D eigenvalue weighted by Crippen LogP contribution is -2.36. The Labute approximate surface area is 120 Å². The molecule has 21 heavy (non-hydrogen) atoms. The van der Waals surface area contributed by atoms with Gasteiger partial charge < -0.3 is 20.4 Å². The molecule has 0 aliphatic heterocycles. The van der Waals surface area contributed by atoms with E-state index in [4.69, 9.17) is 5.11 Å². The molecule has 2 aromatic carbocycles. The molecule has 0 bridgehead atoms. The highest BCUT2D eigenvalue weighted by Gasteiger charge is 2.11. The first-order chi connectivity index (χ1) is 9.99. The number of phenolic OH excluding ortho intramolecular Hbond substituents is 4. The molecule has 7 nitrogen and oxygen atoms in total. The van der Waals surface area contributed by atoms with E-state index in [2.05, 4.69) is 10.9 Å². The van der Waals surface area contributed by atoms with Crippen LogP contribution in [0.25, 0.3) is 0 Å². The predicted molar refractivity (Wildman–Crippen MR) is 73.8 cm³/mol. The highest BCUT2D eigenvalue weighted by Crippen LogP contribution is 2.36. The summed E-state index contributed by atoms with van der Waals surface area (Å²) in [5.41, 5.74) is 5.64. The Morgan fingerprint density at radius 1 is 0.905 bits per heavy atom. The van der Waals surface area contributed by atoms with Gasteiger partial charge in [-0.3, -0.25) is 10.2 Å². The van der Waals surface area contributed by atoms with Gasteiger partial charge >= 0.3 is 0 Å². The highest BCUT2D eigenvalue weighted by atomic mass is 16.3. The molecule has 0 heterocycles. The summed E-state index contributed by atoms with van der Waals surface area (Å²) in [6.45, 7) is 0.0451. The second kappa shape index (κ2) is 6.02. The molecule has 0 spiro atoms. The molecule has 0 unspecified atom stereocenters. The normalized spacial score (nSPS) is 10.3. The highest BCUT2D eigenvalue weighted by molar-refractivity contribution is 5.93. The van der Waals surface area contributed by atoms with Crippen molar-refractivity contribution in [2.75, 3.05) is 0 Å². The first-order valence-corrected chi connectivity index (χ1v) is 6.04. The van der Waals surface area contributed by atoms with Crippen LogP contribution in [0.4, 0.5) is 0 Å². The average molecular weight is 290 g/mol. The number of phenols is 4. The van der Waals surface area contributed by atoms with Crippen LogP contribution in [-0.4, -0.2) is 26.3 Å². The third-order valence-electron chi connectivity index (χ3n) is 2.82. The summed E-state index contributed by atoms with van der Waals surface area (Å²) in [5, 5.41) is 37.3. The molecule has 0 fully saturated rings. The van der Waals surface area contributed by atoms with E-state index in [0.29, 0.717) is 11.1 Å². The maximum absolute atomic E-state index is 11.7. The largest absolute Gasteiger partial charge is 0.508 e. The fourth-order valence-corrected chi connectivity index (χ4v) is 1.66. The Morgan fingerprint density at radius 2 is 1.57 bits per heavy atom. The van der Waals surface area contributed by atoms with Gasteiger partial charge in [-0.1, -0.05) is 6.07 Å². The van der Waals surface area contributed by atoms with Crippen molar-refractivity contribution >= 4 is 5.91 Å².